The molecular weight excluding hydrogens is 302 g/mol. The zero-order chi connectivity index (χ0) is 16.9. The molecule has 0 bridgehead atoms. The molecule has 1 fully saturated rings. The highest BCUT2D eigenvalue weighted by Gasteiger charge is 2.24. The van der Waals surface area contributed by atoms with Gasteiger partial charge in [-0.2, -0.15) is 0 Å². The van der Waals surface area contributed by atoms with Crippen LogP contribution < -0.4 is 0 Å². The number of benzene rings is 1. The van der Waals surface area contributed by atoms with Crippen molar-refractivity contribution in [3.8, 4) is 0 Å². The van der Waals surface area contributed by atoms with E-state index in [0.717, 1.165) is 6.42 Å². The zero-order valence-electron chi connectivity index (χ0n) is 14.0. The number of piperazine rings is 1. The topological polar surface area (TPSA) is 45.6 Å². The fourth-order valence-corrected chi connectivity index (χ4v) is 3.03. The van der Waals surface area contributed by atoms with Gasteiger partial charge in [0.25, 0.3) is 5.91 Å². The number of nitrogens with zero attached hydrogens (tertiary/aromatic N) is 3. The molecule has 2 aromatic rings. The monoisotopic (exact) mass is 325 g/mol. The number of hydrogen-bond donors (Lipinski definition) is 0. The number of rotatable bonds is 4. The largest absolute Gasteiger partial charge is 0.356 e. The first kappa shape index (κ1) is 16.3. The number of carbonyl (C=O) groups excluding carboxylic acids is 2. The molecule has 0 spiro atoms. The van der Waals surface area contributed by atoms with Crippen molar-refractivity contribution in [2.45, 2.75) is 12.8 Å². The summed E-state index contributed by atoms with van der Waals surface area (Å²) in [6.07, 6.45) is 5.00. The third-order valence-corrected chi connectivity index (χ3v) is 4.47. The van der Waals surface area contributed by atoms with E-state index in [2.05, 4.69) is 0 Å². The minimum atomic E-state index is 0.0481. The highest BCUT2D eigenvalue weighted by Crippen LogP contribution is 2.11. The molecule has 0 atom stereocenters. The normalized spacial score (nSPS) is 14.7. The summed E-state index contributed by atoms with van der Waals surface area (Å²) < 4.78 is 1.87. The molecule has 5 heteroatoms. The minimum Gasteiger partial charge on any atom is -0.356 e. The second-order valence-electron chi connectivity index (χ2n) is 6.22. The summed E-state index contributed by atoms with van der Waals surface area (Å²) in [5, 5.41) is 0. The van der Waals surface area contributed by atoms with Crippen LogP contribution in [-0.2, 0) is 18.3 Å². The number of hydrogen-bond acceptors (Lipinski definition) is 2. The van der Waals surface area contributed by atoms with Crippen molar-refractivity contribution in [1.82, 2.24) is 14.4 Å². The van der Waals surface area contributed by atoms with Gasteiger partial charge in [-0.05, 0) is 18.1 Å². The van der Waals surface area contributed by atoms with E-state index in [9.17, 15) is 9.59 Å². The van der Waals surface area contributed by atoms with Gasteiger partial charge in [0, 0.05) is 52.0 Å². The third kappa shape index (κ3) is 3.85. The molecule has 2 heterocycles. The Morgan fingerprint density at radius 3 is 2.25 bits per heavy atom. The van der Waals surface area contributed by atoms with Crippen LogP contribution in [0.4, 0.5) is 0 Å². The SMILES string of the molecule is Cn1ccc(C(=O)N2CCN(C(=O)CCc3ccccc3)CC2)c1. The Labute approximate surface area is 142 Å². The minimum absolute atomic E-state index is 0.0481. The van der Waals surface area contributed by atoms with Crippen LogP contribution in [-0.4, -0.2) is 52.4 Å². The molecule has 126 valence electrons. The lowest BCUT2D eigenvalue weighted by Crippen LogP contribution is -2.50. The van der Waals surface area contributed by atoms with E-state index in [1.807, 2.05) is 70.2 Å². The van der Waals surface area contributed by atoms with Crippen LogP contribution in [0.25, 0.3) is 0 Å². The Morgan fingerprint density at radius 2 is 1.62 bits per heavy atom. The van der Waals surface area contributed by atoms with Crippen LogP contribution in [0.2, 0.25) is 0 Å². The van der Waals surface area contributed by atoms with Crippen molar-refractivity contribution in [1.29, 1.82) is 0 Å². The van der Waals surface area contributed by atoms with E-state index in [4.69, 9.17) is 0 Å². The van der Waals surface area contributed by atoms with Gasteiger partial charge in [0.05, 0.1) is 5.56 Å². The van der Waals surface area contributed by atoms with Crippen LogP contribution in [0.3, 0.4) is 0 Å². The Hall–Kier alpha value is -2.56. The summed E-state index contributed by atoms with van der Waals surface area (Å²) in [5.41, 5.74) is 1.89. The third-order valence-electron chi connectivity index (χ3n) is 4.47. The predicted molar refractivity (Wildman–Crippen MR) is 92.7 cm³/mol. The van der Waals surface area contributed by atoms with E-state index in [0.29, 0.717) is 38.2 Å². The Morgan fingerprint density at radius 1 is 0.958 bits per heavy atom. The molecule has 0 radical (unpaired) electrons. The van der Waals surface area contributed by atoms with Gasteiger partial charge in [0.15, 0.2) is 0 Å². The number of aryl methyl sites for hydroxylation is 2. The molecule has 1 saturated heterocycles. The van der Waals surface area contributed by atoms with Crippen molar-refractivity contribution in [3.63, 3.8) is 0 Å². The second-order valence-corrected chi connectivity index (χ2v) is 6.22. The Balaban J connectivity index is 1.47. The van der Waals surface area contributed by atoms with Crippen molar-refractivity contribution in [2.24, 2.45) is 7.05 Å². The average molecular weight is 325 g/mol. The quantitative estimate of drug-likeness (QED) is 0.862. The maximum Gasteiger partial charge on any atom is 0.255 e. The van der Waals surface area contributed by atoms with Crippen molar-refractivity contribution in [2.75, 3.05) is 26.2 Å². The molecule has 0 saturated carbocycles. The molecule has 3 rings (SSSR count). The summed E-state index contributed by atoms with van der Waals surface area (Å²) in [6.45, 7) is 2.44. The molecule has 1 aliphatic rings. The smallest absolute Gasteiger partial charge is 0.255 e. The standard InChI is InChI=1S/C19H23N3O2/c1-20-10-9-17(15-20)19(24)22-13-11-21(12-14-22)18(23)8-7-16-5-3-2-4-6-16/h2-6,9-10,15H,7-8,11-14H2,1H3. The fraction of sp³-hybridized carbons (Fsp3) is 0.368. The molecule has 24 heavy (non-hydrogen) atoms. The highest BCUT2D eigenvalue weighted by molar-refractivity contribution is 5.94. The lowest BCUT2D eigenvalue weighted by molar-refractivity contribution is -0.132. The van der Waals surface area contributed by atoms with Crippen LogP contribution in [0.1, 0.15) is 22.3 Å². The molecule has 0 unspecified atom stereocenters. The first-order valence-corrected chi connectivity index (χ1v) is 8.36. The van der Waals surface area contributed by atoms with Gasteiger partial charge in [0.1, 0.15) is 0 Å². The molecular formula is C19H23N3O2. The highest BCUT2D eigenvalue weighted by atomic mass is 16.2. The lowest BCUT2D eigenvalue weighted by atomic mass is 10.1. The van der Waals surface area contributed by atoms with Crippen molar-refractivity contribution in [3.05, 3.63) is 59.9 Å². The second kappa shape index (κ2) is 7.34. The molecule has 1 aromatic heterocycles. The number of aromatic nitrogens is 1. The lowest BCUT2D eigenvalue weighted by Gasteiger charge is -2.34. The van der Waals surface area contributed by atoms with Crippen molar-refractivity contribution < 1.29 is 9.59 Å². The predicted octanol–water partition coefficient (Wildman–Crippen LogP) is 1.94. The van der Waals surface area contributed by atoms with Gasteiger partial charge in [-0.1, -0.05) is 30.3 Å². The number of carbonyl (C=O) groups is 2. The van der Waals surface area contributed by atoms with Crippen LogP contribution >= 0.6 is 0 Å². The van der Waals surface area contributed by atoms with Crippen LogP contribution in [0.15, 0.2) is 48.8 Å². The van der Waals surface area contributed by atoms with Gasteiger partial charge in [0.2, 0.25) is 5.91 Å². The Bertz CT molecular complexity index is 700. The molecule has 1 aliphatic heterocycles. The van der Waals surface area contributed by atoms with Gasteiger partial charge in [-0.3, -0.25) is 9.59 Å². The first-order valence-electron chi connectivity index (χ1n) is 8.36. The van der Waals surface area contributed by atoms with Crippen LogP contribution in [0.5, 0.6) is 0 Å². The summed E-state index contributed by atoms with van der Waals surface area (Å²) in [4.78, 5) is 28.5. The van der Waals surface area contributed by atoms with E-state index in [-0.39, 0.29) is 11.8 Å². The maximum atomic E-state index is 12.4. The van der Waals surface area contributed by atoms with Crippen molar-refractivity contribution >= 4 is 11.8 Å². The van der Waals surface area contributed by atoms with E-state index >= 15 is 0 Å². The maximum absolute atomic E-state index is 12.4. The van der Waals surface area contributed by atoms with Gasteiger partial charge < -0.3 is 14.4 Å². The zero-order valence-corrected chi connectivity index (χ0v) is 14.0. The molecule has 2 amide bonds. The van der Waals surface area contributed by atoms with Gasteiger partial charge in [-0.15, -0.1) is 0 Å². The first-order chi connectivity index (χ1) is 11.6. The van der Waals surface area contributed by atoms with Gasteiger partial charge in [-0.25, -0.2) is 0 Å². The van der Waals surface area contributed by atoms with Gasteiger partial charge >= 0.3 is 0 Å². The number of amides is 2. The van der Waals surface area contributed by atoms with E-state index in [1.165, 1.54) is 5.56 Å². The fourth-order valence-electron chi connectivity index (χ4n) is 3.03. The summed E-state index contributed by atoms with van der Waals surface area (Å²) in [7, 11) is 1.90. The summed E-state index contributed by atoms with van der Waals surface area (Å²) in [6, 6.07) is 11.9. The Kier molecular flexibility index (Phi) is 4.99. The van der Waals surface area contributed by atoms with E-state index < -0.39 is 0 Å². The van der Waals surface area contributed by atoms with E-state index in [1.54, 1.807) is 0 Å². The molecule has 1 aromatic carbocycles. The molecule has 0 N–H and O–H groups in total. The molecule has 0 aliphatic carbocycles. The summed E-state index contributed by atoms with van der Waals surface area (Å²) in [5.74, 6) is 0.220. The van der Waals surface area contributed by atoms with Crippen LogP contribution in [0, 0.1) is 0 Å². The average Bonchev–Trinajstić information content (AvgIpc) is 3.06. The molecule has 5 nitrogen and oxygen atoms in total. The summed E-state index contributed by atoms with van der Waals surface area (Å²) >= 11 is 0.